The third kappa shape index (κ3) is 3.53. The van der Waals surface area contributed by atoms with Crippen LogP contribution in [0, 0.1) is 6.92 Å². The van der Waals surface area contributed by atoms with Crippen molar-refractivity contribution in [3.63, 3.8) is 0 Å². The number of anilines is 1. The molecule has 2 aromatic heterocycles. The first kappa shape index (κ1) is 14.7. The number of aryl methyl sites for hydroxylation is 1. The van der Waals surface area contributed by atoms with E-state index in [4.69, 9.17) is 4.74 Å². The van der Waals surface area contributed by atoms with Crippen LogP contribution in [0.4, 0.5) is 5.69 Å². The van der Waals surface area contributed by atoms with E-state index in [1.807, 2.05) is 23.9 Å². The fourth-order valence-electron chi connectivity index (χ4n) is 2.29. The fourth-order valence-corrected chi connectivity index (χ4v) is 3.72. The van der Waals surface area contributed by atoms with Crippen molar-refractivity contribution < 1.29 is 9.53 Å². The van der Waals surface area contributed by atoms with Gasteiger partial charge in [-0.15, -0.1) is 11.3 Å². The van der Waals surface area contributed by atoms with Crippen molar-refractivity contribution in [3.8, 4) is 0 Å². The molecule has 0 saturated carbocycles. The van der Waals surface area contributed by atoms with Gasteiger partial charge in [0.1, 0.15) is 0 Å². The number of nitrogens with zero attached hydrogens (tertiary/aromatic N) is 2. The summed E-state index contributed by atoms with van der Waals surface area (Å²) in [5, 5.41) is 7.14. The number of thiophene rings is 1. The Balaban J connectivity index is 1.62. The van der Waals surface area contributed by atoms with Crippen LogP contribution in [-0.2, 0) is 11.3 Å². The standard InChI is InChI=1S/C14H16BrN3O2S/c1-9-5-12(21-13(9)15)14(19)17-10-6-16-18(7-10)8-11-3-2-4-20-11/h5-7,11H,2-4,8H2,1H3,(H,17,19). The second-order valence-electron chi connectivity index (χ2n) is 5.11. The zero-order chi connectivity index (χ0) is 14.8. The first-order valence-electron chi connectivity index (χ1n) is 6.83. The van der Waals surface area contributed by atoms with Crippen LogP contribution in [0.15, 0.2) is 22.2 Å². The number of hydrogen-bond donors (Lipinski definition) is 1. The summed E-state index contributed by atoms with van der Waals surface area (Å²) in [7, 11) is 0. The predicted octanol–water partition coefficient (Wildman–Crippen LogP) is 3.45. The Morgan fingerprint density at radius 1 is 1.67 bits per heavy atom. The average Bonchev–Trinajstić information content (AvgIpc) is 3.15. The minimum absolute atomic E-state index is 0.106. The molecule has 1 fully saturated rings. The number of nitrogens with one attached hydrogen (secondary N) is 1. The number of hydrogen-bond acceptors (Lipinski definition) is 4. The van der Waals surface area contributed by atoms with Crippen LogP contribution in [0.3, 0.4) is 0 Å². The summed E-state index contributed by atoms with van der Waals surface area (Å²) >= 11 is 4.86. The minimum Gasteiger partial charge on any atom is -0.376 e. The predicted molar refractivity (Wildman–Crippen MR) is 85.9 cm³/mol. The van der Waals surface area contributed by atoms with E-state index in [9.17, 15) is 4.79 Å². The van der Waals surface area contributed by atoms with Crippen molar-refractivity contribution in [2.24, 2.45) is 0 Å². The summed E-state index contributed by atoms with van der Waals surface area (Å²) < 4.78 is 8.39. The third-order valence-corrected chi connectivity index (χ3v) is 5.52. The maximum atomic E-state index is 12.2. The maximum absolute atomic E-state index is 12.2. The first-order chi connectivity index (χ1) is 10.1. The van der Waals surface area contributed by atoms with E-state index < -0.39 is 0 Å². The van der Waals surface area contributed by atoms with E-state index in [1.54, 1.807) is 6.20 Å². The molecule has 5 nitrogen and oxygen atoms in total. The molecule has 21 heavy (non-hydrogen) atoms. The van der Waals surface area contributed by atoms with E-state index in [2.05, 4.69) is 26.3 Å². The molecule has 2 aromatic rings. The van der Waals surface area contributed by atoms with Gasteiger partial charge in [-0.2, -0.15) is 5.10 Å². The molecule has 7 heteroatoms. The molecule has 1 aliphatic heterocycles. The van der Waals surface area contributed by atoms with Crippen LogP contribution in [0.1, 0.15) is 28.1 Å². The molecule has 1 aliphatic rings. The summed E-state index contributed by atoms with van der Waals surface area (Å²) in [5.41, 5.74) is 1.78. The van der Waals surface area contributed by atoms with Crippen LogP contribution < -0.4 is 5.32 Å². The molecule has 1 N–H and O–H groups in total. The summed E-state index contributed by atoms with van der Waals surface area (Å²) in [6.45, 7) is 3.54. The Kier molecular flexibility index (Phi) is 4.42. The van der Waals surface area contributed by atoms with Gasteiger partial charge >= 0.3 is 0 Å². The molecule has 3 heterocycles. The summed E-state index contributed by atoms with van der Waals surface area (Å²) in [5.74, 6) is -0.106. The van der Waals surface area contributed by atoms with Crippen molar-refractivity contribution in [2.75, 3.05) is 11.9 Å². The van der Waals surface area contributed by atoms with Gasteiger partial charge in [0, 0.05) is 12.8 Å². The van der Waals surface area contributed by atoms with Crippen LogP contribution in [0.5, 0.6) is 0 Å². The molecule has 1 unspecified atom stereocenters. The molecule has 112 valence electrons. The molecule has 3 rings (SSSR count). The molecule has 0 spiro atoms. The second kappa shape index (κ2) is 6.29. The van der Waals surface area contributed by atoms with Crippen molar-refractivity contribution in [1.29, 1.82) is 0 Å². The fraction of sp³-hybridized carbons (Fsp3) is 0.429. The lowest BCUT2D eigenvalue weighted by Gasteiger charge is -2.08. The first-order valence-corrected chi connectivity index (χ1v) is 8.44. The lowest BCUT2D eigenvalue weighted by atomic mass is 10.2. The van der Waals surface area contributed by atoms with Gasteiger partial charge in [0.05, 0.1) is 33.2 Å². The van der Waals surface area contributed by atoms with Crippen LogP contribution in [0.2, 0.25) is 0 Å². The monoisotopic (exact) mass is 369 g/mol. The van der Waals surface area contributed by atoms with Gasteiger partial charge in [-0.25, -0.2) is 0 Å². The lowest BCUT2D eigenvalue weighted by molar-refractivity contribution is 0.0940. The highest BCUT2D eigenvalue weighted by molar-refractivity contribution is 9.11. The number of amides is 1. The Hall–Kier alpha value is -1.18. The van der Waals surface area contributed by atoms with Crippen LogP contribution >= 0.6 is 27.3 Å². The third-order valence-electron chi connectivity index (χ3n) is 3.39. The van der Waals surface area contributed by atoms with Crippen molar-refractivity contribution in [3.05, 3.63) is 32.7 Å². The molecular formula is C14H16BrN3O2S. The molecule has 1 saturated heterocycles. The van der Waals surface area contributed by atoms with Crippen molar-refractivity contribution in [1.82, 2.24) is 9.78 Å². The average molecular weight is 370 g/mol. The largest absolute Gasteiger partial charge is 0.376 e. The van der Waals surface area contributed by atoms with Gasteiger partial charge in [0.2, 0.25) is 0 Å². The number of rotatable bonds is 4. The second-order valence-corrected chi connectivity index (χ2v) is 7.48. The molecule has 0 bridgehead atoms. The smallest absolute Gasteiger partial charge is 0.265 e. The zero-order valence-corrected chi connectivity index (χ0v) is 14.0. The molecule has 0 aliphatic carbocycles. The highest BCUT2D eigenvalue weighted by Crippen LogP contribution is 2.27. The van der Waals surface area contributed by atoms with Crippen LogP contribution in [-0.4, -0.2) is 28.4 Å². The summed E-state index contributed by atoms with van der Waals surface area (Å²) in [6.07, 6.45) is 5.94. The number of ether oxygens (including phenoxy) is 1. The Labute approximate surface area is 135 Å². The maximum Gasteiger partial charge on any atom is 0.265 e. The minimum atomic E-state index is -0.106. The quantitative estimate of drug-likeness (QED) is 0.897. The summed E-state index contributed by atoms with van der Waals surface area (Å²) in [6, 6.07) is 1.88. The van der Waals surface area contributed by atoms with E-state index >= 15 is 0 Å². The highest BCUT2D eigenvalue weighted by Gasteiger charge is 2.17. The molecule has 0 aromatic carbocycles. The van der Waals surface area contributed by atoms with Crippen LogP contribution in [0.25, 0.3) is 0 Å². The van der Waals surface area contributed by atoms with E-state index in [0.29, 0.717) is 10.6 Å². The Morgan fingerprint density at radius 3 is 3.19 bits per heavy atom. The molecule has 1 atom stereocenters. The van der Waals surface area contributed by atoms with Gasteiger partial charge < -0.3 is 10.1 Å². The highest BCUT2D eigenvalue weighted by atomic mass is 79.9. The Morgan fingerprint density at radius 2 is 2.52 bits per heavy atom. The number of carbonyl (C=O) groups is 1. The molecular weight excluding hydrogens is 354 g/mol. The van der Waals surface area contributed by atoms with Gasteiger partial charge in [0.15, 0.2) is 0 Å². The molecule has 0 radical (unpaired) electrons. The Bertz CT molecular complexity index is 627. The van der Waals surface area contributed by atoms with Gasteiger partial charge in [-0.3, -0.25) is 9.48 Å². The van der Waals surface area contributed by atoms with Gasteiger partial charge in [0.25, 0.3) is 5.91 Å². The normalized spacial score (nSPS) is 18.1. The van der Waals surface area contributed by atoms with Crippen molar-refractivity contribution in [2.45, 2.75) is 32.4 Å². The van der Waals surface area contributed by atoms with E-state index in [1.165, 1.54) is 11.3 Å². The van der Waals surface area contributed by atoms with E-state index in [-0.39, 0.29) is 12.0 Å². The van der Waals surface area contributed by atoms with Gasteiger partial charge in [-0.1, -0.05) is 0 Å². The van der Waals surface area contributed by atoms with E-state index in [0.717, 1.165) is 35.3 Å². The van der Waals surface area contributed by atoms with Crippen molar-refractivity contribution >= 4 is 38.9 Å². The topological polar surface area (TPSA) is 56.2 Å². The number of aromatic nitrogens is 2. The molecule has 1 amide bonds. The van der Waals surface area contributed by atoms with Gasteiger partial charge in [-0.05, 0) is 47.3 Å². The zero-order valence-electron chi connectivity index (χ0n) is 11.6. The summed E-state index contributed by atoms with van der Waals surface area (Å²) in [4.78, 5) is 12.8. The number of halogens is 1. The SMILES string of the molecule is Cc1cc(C(=O)Nc2cnn(CC3CCCO3)c2)sc1Br. The number of carbonyl (C=O) groups excluding carboxylic acids is 1. The lowest BCUT2D eigenvalue weighted by Crippen LogP contribution is -2.15.